The molecule has 0 aromatic heterocycles. The van der Waals surface area contributed by atoms with Gasteiger partial charge in [0, 0.05) is 30.5 Å². The number of amides is 1. The van der Waals surface area contributed by atoms with Gasteiger partial charge < -0.3 is 4.90 Å². The molecule has 4 rings (SSSR count). The molecular weight excluding hydrogens is 272 g/mol. The van der Waals surface area contributed by atoms with E-state index in [0.29, 0.717) is 17.9 Å². The second-order valence-electron chi connectivity index (χ2n) is 7.23. The summed E-state index contributed by atoms with van der Waals surface area (Å²) in [6.07, 6.45) is 4.58. The van der Waals surface area contributed by atoms with E-state index in [9.17, 15) is 4.79 Å². The number of nitrogens with zero attached hydrogens (tertiary/aromatic N) is 2. The van der Waals surface area contributed by atoms with Crippen molar-refractivity contribution in [2.75, 3.05) is 26.2 Å². The van der Waals surface area contributed by atoms with Gasteiger partial charge in [-0.2, -0.15) is 0 Å². The molecule has 2 aliphatic heterocycles. The summed E-state index contributed by atoms with van der Waals surface area (Å²) in [5.41, 5.74) is 1.74. The minimum absolute atomic E-state index is 0.262. The molecule has 0 unspecified atom stereocenters. The summed E-state index contributed by atoms with van der Waals surface area (Å²) in [5, 5.41) is 0. The van der Waals surface area contributed by atoms with Crippen molar-refractivity contribution in [3.8, 4) is 0 Å². The first-order valence-electron chi connectivity index (χ1n) is 8.83. The van der Waals surface area contributed by atoms with E-state index in [4.69, 9.17) is 0 Å². The Kier molecular flexibility index (Phi) is 3.48. The zero-order valence-electron chi connectivity index (χ0n) is 13.5. The van der Waals surface area contributed by atoms with Crippen LogP contribution in [0.25, 0.3) is 0 Å². The maximum atomic E-state index is 12.5. The van der Waals surface area contributed by atoms with Crippen LogP contribution in [0.4, 0.5) is 0 Å². The fraction of sp³-hybridized carbons (Fsp3) is 0.632. The van der Waals surface area contributed by atoms with Crippen molar-refractivity contribution in [3.63, 3.8) is 0 Å². The maximum absolute atomic E-state index is 12.5. The summed E-state index contributed by atoms with van der Waals surface area (Å²) in [4.78, 5) is 17.3. The van der Waals surface area contributed by atoms with E-state index >= 15 is 0 Å². The van der Waals surface area contributed by atoms with Crippen molar-refractivity contribution in [3.05, 3.63) is 35.9 Å². The Labute approximate surface area is 133 Å². The van der Waals surface area contributed by atoms with Crippen LogP contribution in [0.1, 0.15) is 38.2 Å². The van der Waals surface area contributed by atoms with Crippen molar-refractivity contribution in [2.24, 2.45) is 5.92 Å². The van der Waals surface area contributed by atoms with E-state index in [1.54, 1.807) is 0 Å². The Morgan fingerprint density at radius 2 is 1.91 bits per heavy atom. The van der Waals surface area contributed by atoms with Gasteiger partial charge in [-0.25, -0.2) is 0 Å². The van der Waals surface area contributed by atoms with Crippen LogP contribution in [-0.2, 0) is 10.2 Å². The Morgan fingerprint density at radius 1 is 1.18 bits per heavy atom. The number of likely N-dealkylation sites (tertiary alicyclic amines) is 2. The highest BCUT2D eigenvalue weighted by atomic mass is 16.2. The first kappa shape index (κ1) is 14.3. The predicted molar refractivity (Wildman–Crippen MR) is 87.7 cm³/mol. The summed E-state index contributed by atoms with van der Waals surface area (Å²) in [6.45, 7) is 6.38. The van der Waals surface area contributed by atoms with Crippen LogP contribution in [0.5, 0.6) is 0 Å². The normalized spacial score (nSPS) is 32.0. The molecule has 1 aliphatic carbocycles. The van der Waals surface area contributed by atoms with Crippen LogP contribution in [0.3, 0.4) is 0 Å². The molecule has 3 nitrogen and oxygen atoms in total. The second-order valence-corrected chi connectivity index (χ2v) is 7.23. The van der Waals surface area contributed by atoms with Crippen LogP contribution in [0.2, 0.25) is 0 Å². The third-order valence-corrected chi connectivity index (χ3v) is 6.14. The van der Waals surface area contributed by atoms with Crippen molar-refractivity contribution < 1.29 is 4.79 Å². The van der Waals surface area contributed by atoms with Crippen LogP contribution in [-0.4, -0.2) is 47.9 Å². The van der Waals surface area contributed by atoms with Crippen LogP contribution < -0.4 is 0 Å². The highest BCUT2D eigenvalue weighted by Gasteiger charge is 2.52. The van der Waals surface area contributed by atoms with Crippen molar-refractivity contribution in [2.45, 2.75) is 44.1 Å². The van der Waals surface area contributed by atoms with Gasteiger partial charge in [0.05, 0.1) is 0 Å². The van der Waals surface area contributed by atoms with Crippen molar-refractivity contribution in [1.82, 2.24) is 9.80 Å². The summed E-state index contributed by atoms with van der Waals surface area (Å²) < 4.78 is 0. The number of carbonyl (C=O) groups excluding carboxylic acids is 1. The molecule has 0 spiro atoms. The summed E-state index contributed by atoms with van der Waals surface area (Å²) in [7, 11) is 0. The first-order valence-corrected chi connectivity index (χ1v) is 8.83. The molecule has 2 atom stereocenters. The van der Waals surface area contributed by atoms with Gasteiger partial charge in [-0.3, -0.25) is 9.69 Å². The number of hydrogen-bond donors (Lipinski definition) is 0. The predicted octanol–water partition coefficient (Wildman–Crippen LogP) is 2.66. The Balaban J connectivity index is 1.63. The molecule has 1 saturated carbocycles. The largest absolute Gasteiger partial charge is 0.341 e. The number of hydrogen-bond acceptors (Lipinski definition) is 2. The van der Waals surface area contributed by atoms with Gasteiger partial charge in [0.15, 0.2) is 0 Å². The van der Waals surface area contributed by atoms with Gasteiger partial charge in [0.25, 0.3) is 0 Å². The lowest BCUT2D eigenvalue weighted by molar-refractivity contribution is -0.135. The molecule has 3 heteroatoms. The Hall–Kier alpha value is -1.35. The van der Waals surface area contributed by atoms with Gasteiger partial charge >= 0.3 is 0 Å². The lowest BCUT2D eigenvalue weighted by Crippen LogP contribution is -2.57. The molecule has 118 valence electrons. The number of carbonyl (C=O) groups is 1. The quantitative estimate of drug-likeness (QED) is 0.856. The molecule has 22 heavy (non-hydrogen) atoms. The molecular formula is C19H26N2O. The van der Waals surface area contributed by atoms with E-state index in [1.165, 1.54) is 18.5 Å². The first-order chi connectivity index (χ1) is 10.7. The number of piperidine rings is 1. The second kappa shape index (κ2) is 5.38. The molecule has 0 N–H and O–H groups in total. The third-order valence-electron chi connectivity index (χ3n) is 6.14. The number of likely N-dealkylation sites (N-methyl/N-ethyl adjacent to an activating group) is 1. The van der Waals surface area contributed by atoms with Gasteiger partial charge in [-0.15, -0.1) is 0 Å². The van der Waals surface area contributed by atoms with Crippen molar-refractivity contribution >= 4 is 5.91 Å². The monoisotopic (exact) mass is 298 g/mol. The standard InChI is InChI=1S/C19H26N2O/c1-2-20-12-10-19(16-6-4-3-5-7-16)11-13-21(14-17(19)20)18(22)15-8-9-15/h3-7,15,17H,2,8-14H2,1H3/t17-,19+/m1/s1. The summed E-state index contributed by atoms with van der Waals surface area (Å²) in [5.74, 6) is 0.769. The van der Waals surface area contributed by atoms with Crippen molar-refractivity contribution in [1.29, 1.82) is 0 Å². The molecule has 2 heterocycles. The number of fused-ring (bicyclic) bond motifs is 1. The minimum Gasteiger partial charge on any atom is -0.341 e. The lowest BCUT2D eigenvalue weighted by Gasteiger charge is -2.46. The molecule has 0 radical (unpaired) electrons. The van der Waals surface area contributed by atoms with Crippen LogP contribution >= 0.6 is 0 Å². The fourth-order valence-corrected chi connectivity index (χ4v) is 4.65. The van der Waals surface area contributed by atoms with E-state index in [2.05, 4.69) is 47.1 Å². The van der Waals surface area contributed by atoms with Gasteiger partial charge in [-0.1, -0.05) is 37.3 Å². The molecule has 1 aromatic carbocycles. The zero-order chi connectivity index (χ0) is 15.2. The Bertz CT molecular complexity index is 554. The Morgan fingerprint density at radius 3 is 2.59 bits per heavy atom. The fourth-order valence-electron chi connectivity index (χ4n) is 4.65. The SMILES string of the molecule is CCN1CC[C@@]2(c3ccccc3)CCN(C(=O)C3CC3)C[C@@H]12. The molecule has 1 aromatic rings. The molecule has 3 aliphatic rings. The highest BCUT2D eigenvalue weighted by molar-refractivity contribution is 5.81. The molecule has 2 saturated heterocycles. The van der Waals surface area contributed by atoms with E-state index in [0.717, 1.165) is 38.9 Å². The smallest absolute Gasteiger partial charge is 0.225 e. The van der Waals surface area contributed by atoms with Gasteiger partial charge in [-0.05, 0) is 44.3 Å². The third kappa shape index (κ3) is 2.18. The summed E-state index contributed by atoms with van der Waals surface area (Å²) in [6, 6.07) is 11.5. The van der Waals surface area contributed by atoms with Gasteiger partial charge in [0.2, 0.25) is 5.91 Å². The van der Waals surface area contributed by atoms with Crippen LogP contribution in [0.15, 0.2) is 30.3 Å². The molecule has 3 fully saturated rings. The maximum Gasteiger partial charge on any atom is 0.225 e. The van der Waals surface area contributed by atoms with E-state index in [-0.39, 0.29) is 5.41 Å². The number of rotatable bonds is 3. The van der Waals surface area contributed by atoms with E-state index < -0.39 is 0 Å². The minimum atomic E-state index is 0.262. The summed E-state index contributed by atoms with van der Waals surface area (Å²) >= 11 is 0. The lowest BCUT2D eigenvalue weighted by atomic mass is 9.69. The topological polar surface area (TPSA) is 23.6 Å². The zero-order valence-corrected chi connectivity index (χ0v) is 13.5. The average molecular weight is 298 g/mol. The molecule has 0 bridgehead atoms. The van der Waals surface area contributed by atoms with Gasteiger partial charge in [0.1, 0.15) is 0 Å². The van der Waals surface area contributed by atoms with Crippen LogP contribution in [0, 0.1) is 5.92 Å². The number of benzene rings is 1. The molecule has 1 amide bonds. The average Bonchev–Trinajstić information content (AvgIpc) is 3.35. The van der Waals surface area contributed by atoms with E-state index in [1.807, 2.05) is 0 Å². The highest BCUT2D eigenvalue weighted by Crippen LogP contribution is 2.46.